The number of hydrogen-bond acceptors (Lipinski definition) is 5. The van der Waals surface area contributed by atoms with Gasteiger partial charge in [-0.15, -0.1) is 0 Å². The number of hydrogen-bond donors (Lipinski definition) is 3. The van der Waals surface area contributed by atoms with Gasteiger partial charge in [0.2, 0.25) is 0 Å². The van der Waals surface area contributed by atoms with Crippen molar-refractivity contribution in [2.24, 2.45) is 5.84 Å². The summed E-state index contributed by atoms with van der Waals surface area (Å²) in [7, 11) is 0. The molecule has 0 bridgehead atoms. The average Bonchev–Trinajstić information content (AvgIpc) is 2.46. The van der Waals surface area contributed by atoms with Gasteiger partial charge >= 0.3 is 0 Å². The fourth-order valence-corrected chi connectivity index (χ4v) is 1.50. The van der Waals surface area contributed by atoms with Crippen LogP contribution in [0.25, 0.3) is 0 Å². The van der Waals surface area contributed by atoms with Gasteiger partial charge < -0.3 is 10.7 Å². The number of aromatic nitrogens is 2. The summed E-state index contributed by atoms with van der Waals surface area (Å²) in [4.78, 5) is 20.0. The number of aryl methyl sites for hydroxylation is 1. The fraction of sp³-hybridized carbons (Fsp3) is 0.154. The van der Waals surface area contributed by atoms with E-state index in [4.69, 9.17) is 5.84 Å². The molecule has 1 amide bonds. The van der Waals surface area contributed by atoms with Crippen LogP contribution in [0.4, 0.5) is 5.82 Å². The zero-order valence-electron chi connectivity index (χ0n) is 10.6. The third-order valence-corrected chi connectivity index (χ3v) is 2.60. The maximum Gasteiger partial charge on any atom is 0.253 e. The Morgan fingerprint density at radius 3 is 2.63 bits per heavy atom. The van der Waals surface area contributed by atoms with Gasteiger partial charge in [-0.25, -0.2) is 10.8 Å². The third kappa shape index (κ3) is 3.49. The topological polar surface area (TPSA) is 92.9 Å². The van der Waals surface area contributed by atoms with E-state index in [2.05, 4.69) is 20.7 Å². The molecule has 2 aromatic rings. The smallest absolute Gasteiger partial charge is 0.253 e. The lowest BCUT2D eigenvalue weighted by atomic mass is 10.2. The number of nitrogens with zero attached hydrogens (tertiary/aromatic N) is 2. The number of nitrogens with two attached hydrogens (primary N) is 1. The molecule has 0 saturated carbocycles. The lowest BCUT2D eigenvalue weighted by Crippen LogP contribution is -2.23. The number of amides is 1. The zero-order chi connectivity index (χ0) is 13.7. The summed E-state index contributed by atoms with van der Waals surface area (Å²) in [5.74, 6) is 5.53. The van der Waals surface area contributed by atoms with Gasteiger partial charge in [0.05, 0.1) is 5.56 Å². The van der Waals surface area contributed by atoms with Gasteiger partial charge in [0.1, 0.15) is 5.82 Å². The highest BCUT2D eigenvalue weighted by Gasteiger charge is 2.05. The lowest BCUT2D eigenvalue weighted by Gasteiger charge is -2.06. The molecule has 0 aliphatic carbocycles. The molecule has 2 aromatic heterocycles. The van der Waals surface area contributed by atoms with E-state index in [0.717, 1.165) is 11.3 Å². The summed E-state index contributed by atoms with van der Waals surface area (Å²) in [6.45, 7) is 2.35. The van der Waals surface area contributed by atoms with E-state index in [1.54, 1.807) is 18.3 Å². The summed E-state index contributed by atoms with van der Waals surface area (Å²) in [5.41, 5.74) is 4.79. The summed E-state index contributed by atoms with van der Waals surface area (Å²) in [5, 5.41) is 2.80. The number of nitrogens with one attached hydrogen (secondary N) is 2. The summed E-state index contributed by atoms with van der Waals surface area (Å²) in [6, 6.07) is 7.14. The van der Waals surface area contributed by atoms with Crippen LogP contribution >= 0.6 is 0 Å². The summed E-state index contributed by atoms with van der Waals surface area (Å²) >= 11 is 0. The van der Waals surface area contributed by atoms with E-state index in [-0.39, 0.29) is 5.91 Å². The minimum Gasteiger partial charge on any atom is -0.348 e. The van der Waals surface area contributed by atoms with Crippen LogP contribution in [0.3, 0.4) is 0 Å². The number of carbonyl (C=O) groups excluding carboxylic acids is 1. The molecule has 4 N–H and O–H groups in total. The molecule has 0 unspecified atom stereocenters. The van der Waals surface area contributed by atoms with Crippen LogP contribution in [0.2, 0.25) is 0 Å². The van der Waals surface area contributed by atoms with Crippen LogP contribution in [0, 0.1) is 6.92 Å². The standard InChI is InChI=1S/C13H15N5O/c1-9-2-3-10(6-15-9)7-17-13(19)11-4-5-12(18-14)16-8-11/h2-6,8H,7,14H2,1H3,(H,16,18)(H,17,19). The van der Waals surface area contributed by atoms with Crippen molar-refractivity contribution in [2.75, 3.05) is 5.43 Å². The van der Waals surface area contributed by atoms with Gasteiger partial charge in [0.15, 0.2) is 0 Å². The maximum absolute atomic E-state index is 11.9. The van der Waals surface area contributed by atoms with Crippen molar-refractivity contribution in [1.29, 1.82) is 0 Å². The molecular weight excluding hydrogens is 242 g/mol. The Labute approximate surface area is 111 Å². The minimum absolute atomic E-state index is 0.184. The van der Waals surface area contributed by atoms with E-state index in [0.29, 0.717) is 17.9 Å². The number of rotatable bonds is 4. The molecule has 0 fully saturated rings. The molecule has 0 radical (unpaired) electrons. The molecule has 6 nitrogen and oxygen atoms in total. The van der Waals surface area contributed by atoms with E-state index in [9.17, 15) is 4.79 Å². The van der Waals surface area contributed by atoms with Crippen molar-refractivity contribution >= 4 is 11.7 Å². The summed E-state index contributed by atoms with van der Waals surface area (Å²) in [6.07, 6.45) is 3.22. The van der Waals surface area contributed by atoms with E-state index in [1.165, 1.54) is 6.20 Å². The van der Waals surface area contributed by atoms with Crippen molar-refractivity contribution in [2.45, 2.75) is 13.5 Å². The van der Waals surface area contributed by atoms with Crippen LogP contribution in [-0.2, 0) is 6.54 Å². The van der Waals surface area contributed by atoms with Crippen molar-refractivity contribution < 1.29 is 4.79 Å². The first-order valence-electron chi connectivity index (χ1n) is 5.81. The van der Waals surface area contributed by atoms with Crippen LogP contribution in [0.1, 0.15) is 21.6 Å². The van der Waals surface area contributed by atoms with Gasteiger partial charge in [-0.3, -0.25) is 9.78 Å². The van der Waals surface area contributed by atoms with Crippen molar-refractivity contribution in [3.05, 3.63) is 53.5 Å². The lowest BCUT2D eigenvalue weighted by molar-refractivity contribution is 0.0950. The highest BCUT2D eigenvalue weighted by Crippen LogP contribution is 2.04. The number of hydrazine groups is 1. The molecule has 98 valence electrons. The van der Waals surface area contributed by atoms with Crippen LogP contribution < -0.4 is 16.6 Å². The SMILES string of the molecule is Cc1ccc(CNC(=O)c2ccc(NN)nc2)cn1. The Hall–Kier alpha value is -2.47. The quantitative estimate of drug-likeness (QED) is 0.561. The van der Waals surface area contributed by atoms with Crippen molar-refractivity contribution in [1.82, 2.24) is 15.3 Å². The maximum atomic E-state index is 11.9. The van der Waals surface area contributed by atoms with Crippen LogP contribution in [0.15, 0.2) is 36.7 Å². The Morgan fingerprint density at radius 2 is 2.05 bits per heavy atom. The second-order valence-electron chi connectivity index (χ2n) is 4.07. The fourth-order valence-electron chi connectivity index (χ4n) is 1.50. The minimum atomic E-state index is -0.184. The molecule has 19 heavy (non-hydrogen) atoms. The molecule has 0 aromatic carbocycles. The predicted octanol–water partition coefficient (Wildman–Crippen LogP) is 1.00. The first-order chi connectivity index (χ1) is 9.19. The largest absolute Gasteiger partial charge is 0.348 e. The van der Waals surface area contributed by atoms with Crippen LogP contribution in [-0.4, -0.2) is 15.9 Å². The Balaban J connectivity index is 1.95. The van der Waals surface area contributed by atoms with Crippen molar-refractivity contribution in [3.8, 4) is 0 Å². The molecule has 2 heterocycles. The van der Waals surface area contributed by atoms with Gasteiger partial charge in [-0.05, 0) is 30.7 Å². The number of pyridine rings is 2. The molecule has 0 atom stereocenters. The highest BCUT2D eigenvalue weighted by molar-refractivity contribution is 5.93. The zero-order valence-corrected chi connectivity index (χ0v) is 10.6. The van der Waals surface area contributed by atoms with E-state index >= 15 is 0 Å². The molecule has 2 rings (SSSR count). The van der Waals surface area contributed by atoms with Gasteiger partial charge in [-0.2, -0.15) is 0 Å². The van der Waals surface area contributed by atoms with Gasteiger partial charge in [0.25, 0.3) is 5.91 Å². The molecule has 0 spiro atoms. The molecule has 0 aliphatic heterocycles. The number of carbonyl (C=O) groups is 1. The molecule has 0 saturated heterocycles. The molecule has 6 heteroatoms. The predicted molar refractivity (Wildman–Crippen MR) is 72.2 cm³/mol. The third-order valence-electron chi connectivity index (χ3n) is 2.60. The number of anilines is 1. The van der Waals surface area contributed by atoms with Gasteiger partial charge in [0, 0.05) is 24.6 Å². The molecular formula is C13H15N5O. The molecule has 0 aliphatic rings. The second-order valence-corrected chi connectivity index (χ2v) is 4.07. The first-order valence-corrected chi connectivity index (χ1v) is 5.81. The Morgan fingerprint density at radius 1 is 1.21 bits per heavy atom. The monoisotopic (exact) mass is 257 g/mol. The van der Waals surface area contributed by atoms with E-state index in [1.807, 2.05) is 19.1 Å². The average molecular weight is 257 g/mol. The van der Waals surface area contributed by atoms with Gasteiger partial charge in [-0.1, -0.05) is 6.07 Å². The van der Waals surface area contributed by atoms with Crippen molar-refractivity contribution in [3.63, 3.8) is 0 Å². The Kier molecular flexibility index (Phi) is 4.04. The van der Waals surface area contributed by atoms with E-state index < -0.39 is 0 Å². The van der Waals surface area contributed by atoms with Crippen LogP contribution in [0.5, 0.6) is 0 Å². The normalized spacial score (nSPS) is 10.0. The first kappa shape index (κ1) is 13.0. The summed E-state index contributed by atoms with van der Waals surface area (Å²) < 4.78 is 0. The number of nitrogen functional groups attached to an aromatic ring is 1. The second kappa shape index (κ2) is 5.92. The highest BCUT2D eigenvalue weighted by atomic mass is 16.1. The Bertz CT molecular complexity index is 550.